The number of nitrogens with one attached hydrogen (secondary N) is 1. The Kier molecular flexibility index (Phi) is 6.17. The van der Waals surface area contributed by atoms with E-state index < -0.39 is 0 Å². The van der Waals surface area contributed by atoms with Gasteiger partial charge >= 0.3 is 0 Å². The number of β-amino-alcohol motifs (C(OH)–C–C–N with tert-alkyl or cyclic N) is 1. The lowest BCUT2D eigenvalue weighted by Gasteiger charge is -2.21. The van der Waals surface area contributed by atoms with Gasteiger partial charge in [0.1, 0.15) is 0 Å². The van der Waals surface area contributed by atoms with Crippen molar-refractivity contribution in [3.8, 4) is 0 Å². The van der Waals surface area contributed by atoms with Crippen LogP contribution in [0.1, 0.15) is 26.2 Å². The highest BCUT2D eigenvalue weighted by Gasteiger charge is 2.16. The largest absolute Gasteiger partial charge is 0.395 e. The minimum Gasteiger partial charge on any atom is -0.395 e. The van der Waals surface area contributed by atoms with E-state index in [1.807, 2.05) is 6.92 Å². The van der Waals surface area contributed by atoms with Gasteiger partial charge in [-0.2, -0.15) is 0 Å². The van der Waals surface area contributed by atoms with Crippen LogP contribution in [0.15, 0.2) is 0 Å². The first-order valence-electron chi connectivity index (χ1n) is 6.01. The summed E-state index contributed by atoms with van der Waals surface area (Å²) in [5.41, 5.74) is 0. The molecule has 0 amide bonds. The molecule has 2 atom stereocenters. The second kappa shape index (κ2) is 7.17. The van der Waals surface area contributed by atoms with Gasteiger partial charge < -0.3 is 20.4 Å². The Morgan fingerprint density at radius 1 is 1.33 bits per heavy atom. The van der Waals surface area contributed by atoms with E-state index in [1.54, 1.807) is 0 Å². The van der Waals surface area contributed by atoms with Crippen molar-refractivity contribution in [1.29, 1.82) is 0 Å². The van der Waals surface area contributed by atoms with Gasteiger partial charge in [-0.25, -0.2) is 0 Å². The van der Waals surface area contributed by atoms with Crippen LogP contribution in [0.4, 0.5) is 0 Å². The summed E-state index contributed by atoms with van der Waals surface area (Å²) >= 11 is 0. The van der Waals surface area contributed by atoms with Crippen molar-refractivity contribution in [1.82, 2.24) is 10.2 Å². The Labute approximate surface area is 92.3 Å². The highest BCUT2D eigenvalue weighted by molar-refractivity contribution is 4.73. The van der Waals surface area contributed by atoms with Gasteiger partial charge in [-0.3, -0.25) is 0 Å². The van der Waals surface area contributed by atoms with E-state index in [0.717, 1.165) is 26.1 Å². The van der Waals surface area contributed by atoms with Crippen LogP contribution in [0.3, 0.4) is 0 Å². The van der Waals surface area contributed by atoms with Gasteiger partial charge in [0, 0.05) is 19.1 Å². The molecule has 0 saturated carbocycles. The van der Waals surface area contributed by atoms with Crippen molar-refractivity contribution in [2.75, 3.05) is 32.8 Å². The minimum atomic E-state index is -0.316. The first-order chi connectivity index (χ1) is 7.26. The van der Waals surface area contributed by atoms with Gasteiger partial charge in [-0.05, 0) is 32.4 Å². The second-order valence-electron chi connectivity index (χ2n) is 4.36. The predicted octanol–water partition coefficient (Wildman–Crippen LogP) is -0.196. The Hall–Kier alpha value is -0.160. The van der Waals surface area contributed by atoms with Gasteiger partial charge in [-0.15, -0.1) is 0 Å². The van der Waals surface area contributed by atoms with Crippen molar-refractivity contribution >= 4 is 0 Å². The summed E-state index contributed by atoms with van der Waals surface area (Å²) < 4.78 is 0. The Balaban J connectivity index is 2.09. The minimum absolute atomic E-state index is 0.123. The lowest BCUT2D eigenvalue weighted by Crippen LogP contribution is -2.42. The fourth-order valence-electron chi connectivity index (χ4n) is 1.97. The third-order valence-electron chi connectivity index (χ3n) is 3.02. The summed E-state index contributed by atoms with van der Waals surface area (Å²) in [5, 5.41) is 21.9. The number of nitrogens with zero attached hydrogens (tertiary/aromatic N) is 1. The maximum Gasteiger partial charge on any atom is 0.0791 e. The van der Waals surface area contributed by atoms with Gasteiger partial charge in [0.05, 0.1) is 12.7 Å². The van der Waals surface area contributed by atoms with Crippen LogP contribution in [0.2, 0.25) is 0 Å². The van der Waals surface area contributed by atoms with E-state index in [4.69, 9.17) is 5.11 Å². The van der Waals surface area contributed by atoms with E-state index in [-0.39, 0.29) is 18.8 Å². The maximum absolute atomic E-state index is 9.76. The van der Waals surface area contributed by atoms with Crippen molar-refractivity contribution in [3.05, 3.63) is 0 Å². The first-order valence-corrected chi connectivity index (χ1v) is 6.01. The van der Waals surface area contributed by atoms with Crippen LogP contribution >= 0.6 is 0 Å². The Morgan fingerprint density at radius 3 is 2.53 bits per heavy atom. The highest BCUT2D eigenvalue weighted by atomic mass is 16.3. The molecule has 0 aliphatic carbocycles. The molecular formula is C11H24N2O2. The van der Waals surface area contributed by atoms with Crippen molar-refractivity contribution < 1.29 is 10.2 Å². The molecule has 1 rings (SSSR count). The average molecular weight is 216 g/mol. The lowest BCUT2D eigenvalue weighted by molar-refractivity contribution is 0.115. The first kappa shape index (κ1) is 12.9. The van der Waals surface area contributed by atoms with E-state index >= 15 is 0 Å². The van der Waals surface area contributed by atoms with Crippen molar-refractivity contribution in [2.24, 2.45) is 0 Å². The fraction of sp³-hybridized carbons (Fsp3) is 1.00. The van der Waals surface area contributed by atoms with Crippen LogP contribution in [-0.2, 0) is 0 Å². The molecular weight excluding hydrogens is 192 g/mol. The molecule has 15 heavy (non-hydrogen) atoms. The van der Waals surface area contributed by atoms with Crippen molar-refractivity contribution in [2.45, 2.75) is 38.3 Å². The smallest absolute Gasteiger partial charge is 0.0791 e. The van der Waals surface area contributed by atoms with Crippen LogP contribution in [0.25, 0.3) is 0 Å². The number of aliphatic hydroxyl groups is 2. The van der Waals surface area contributed by atoms with Crippen LogP contribution in [0.5, 0.6) is 0 Å². The van der Waals surface area contributed by atoms with Gasteiger partial charge in [0.15, 0.2) is 0 Å². The number of rotatable bonds is 7. The molecule has 1 aliphatic rings. The second-order valence-corrected chi connectivity index (χ2v) is 4.36. The average Bonchev–Trinajstić information content (AvgIpc) is 2.72. The third kappa shape index (κ3) is 4.93. The van der Waals surface area contributed by atoms with Gasteiger partial charge in [-0.1, -0.05) is 6.92 Å². The molecule has 1 heterocycles. The lowest BCUT2D eigenvalue weighted by atomic mass is 10.2. The molecule has 1 fully saturated rings. The van der Waals surface area contributed by atoms with Gasteiger partial charge in [0.25, 0.3) is 0 Å². The SMILES string of the molecule is CCC(CO)NCC(O)CN1CCCC1. The summed E-state index contributed by atoms with van der Waals surface area (Å²) in [6, 6.07) is 0.123. The van der Waals surface area contributed by atoms with Gasteiger partial charge in [0.2, 0.25) is 0 Å². The monoisotopic (exact) mass is 216 g/mol. The zero-order chi connectivity index (χ0) is 11.1. The summed E-state index contributed by atoms with van der Waals surface area (Å²) in [7, 11) is 0. The molecule has 90 valence electrons. The summed E-state index contributed by atoms with van der Waals surface area (Å²) in [6.45, 7) is 5.75. The molecule has 3 N–H and O–H groups in total. The summed E-state index contributed by atoms with van der Waals surface area (Å²) in [4.78, 5) is 2.30. The quantitative estimate of drug-likeness (QED) is 0.552. The molecule has 0 aromatic rings. The number of likely N-dealkylation sites (tertiary alicyclic amines) is 1. The normalized spacial score (nSPS) is 21.8. The molecule has 0 aromatic heterocycles. The molecule has 1 saturated heterocycles. The standard InChI is InChI=1S/C11H24N2O2/c1-2-10(9-14)12-7-11(15)8-13-5-3-4-6-13/h10-12,14-15H,2-9H2,1H3. The zero-order valence-electron chi connectivity index (χ0n) is 9.65. The Morgan fingerprint density at radius 2 is 2.00 bits per heavy atom. The summed E-state index contributed by atoms with van der Waals surface area (Å²) in [6.07, 6.45) is 3.10. The molecule has 0 bridgehead atoms. The molecule has 0 spiro atoms. The number of hydrogen-bond acceptors (Lipinski definition) is 4. The molecule has 0 radical (unpaired) electrons. The molecule has 4 nitrogen and oxygen atoms in total. The highest BCUT2D eigenvalue weighted by Crippen LogP contribution is 2.07. The van der Waals surface area contributed by atoms with Crippen LogP contribution in [-0.4, -0.2) is 60.0 Å². The van der Waals surface area contributed by atoms with E-state index in [9.17, 15) is 5.11 Å². The van der Waals surface area contributed by atoms with Crippen molar-refractivity contribution in [3.63, 3.8) is 0 Å². The fourth-order valence-corrected chi connectivity index (χ4v) is 1.97. The maximum atomic E-state index is 9.76. The van der Waals surface area contributed by atoms with Crippen LogP contribution in [0, 0.1) is 0 Å². The molecule has 1 aliphatic heterocycles. The molecule has 4 heteroatoms. The summed E-state index contributed by atoms with van der Waals surface area (Å²) in [5.74, 6) is 0. The third-order valence-corrected chi connectivity index (χ3v) is 3.02. The molecule has 2 unspecified atom stereocenters. The topological polar surface area (TPSA) is 55.7 Å². The number of aliphatic hydroxyl groups excluding tert-OH is 2. The predicted molar refractivity (Wildman–Crippen MR) is 60.8 cm³/mol. The zero-order valence-corrected chi connectivity index (χ0v) is 9.65. The van der Waals surface area contributed by atoms with E-state index in [2.05, 4.69) is 10.2 Å². The molecule has 0 aromatic carbocycles. The Bertz CT molecular complexity index is 157. The van der Waals surface area contributed by atoms with E-state index in [1.165, 1.54) is 12.8 Å². The van der Waals surface area contributed by atoms with E-state index in [0.29, 0.717) is 6.54 Å². The number of hydrogen-bond donors (Lipinski definition) is 3. The van der Waals surface area contributed by atoms with Crippen LogP contribution < -0.4 is 5.32 Å².